The van der Waals surface area contributed by atoms with Crippen LogP contribution < -0.4 is 4.90 Å². The molecule has 1 aliphatic carbocycles. The first-order chi connectivity index (χ1) is 29.0. The SMILES string of the molecule is CC1(C)c2ccccc2-c2ccc(N(c3ccc(-c4ccccc4)cc3)c3ccc4c(c3)c3c(-c5ccccc5)nc(-c5ccccc5)nc3n4-c3ccccc3)cc21. The Hall–Kier alpha value is -7.56. The third-order valence-electron chi connectivity index (χ3n) is 12.0. The van der Waals surface area contributed by atoms with Gasteiger partial charge >= 0.3 is 0 Å². The lowest BCUT2D eigenvalue weighted by molar-refractivity contribution is 0.660. The van der Waals surface area contributed by atoms with Crippen LogP contribution in [-0.4, -0.2) is 14.5 Å². The van der Waals surface area contributed by atoms with Crippen molar-refractivity contribution in [3.63, 3.8) is 0 Å². The number of hydrogen-bond acceptors (Lipinski definition) is 3. The summed E-state index contributed by atoms with van der Waals surface area (Å²) in [5.41, 5.74) is 16.7. The molecule has 1 aliphatic rings. The highest BCUT2D eigenvalue weighted by molar-refractivity contribution is 6.15. The Balaban J connectivity index is 1.18. The molecule has 0 saturated carbocycles. The van der Waals surface area contributed by atoms with Crippen LogP contribution in [0.2, 0.25) is 0 Å². The summed E-state index contributed by atoms with van der Waals surface area (Å²) in [5.74, 6) is 0.694. The minimum absolute atomic E-state index is 0.143. The van der Waals surface area contributed by atoms with Crippen LogP contribution in [0.5, 0.6) is 0 Å². The molecule has 0 saturated heterocycles. The van der Waals surface area contributed by atoms with Gasteiger partial charge in [-0.25, -0.2) is 9.97 Å². The summed E-state index contributed by atoms with van der Waals surface area (Å²) in [6, 6.07) is 73.6. The van der Waals surface area contributed by atoms with Crippen molar-refractivity contribution < 1.29 is 0 Å². The van der Waals surface area contributed by atoms with Gasteiger partial charge in [0.25, 0.3) is 0 Å². The smallest absolute Gasteiger partial charge is 0.162 e. The highest BCUT2D eigenvalue weighted by Gasteiger charge is 2.36. The molecule has 0 amide bonds. The van der Waals surface area contributed by atoms with Crippen LogP contribution in [0.1, 0.15) is 25.0 Å². The van der Waals surface area contributed by atoms with Crippen LogP contribution in [0.15, 0.2) is 206 Å². The number of fused-ring (bicyclic) bond motifs is 6. The average Bonchev–Trinajstić information content (AvgIpc) is 3.75. The molecule has 0 bridgehead atoms. The Labute approximate surface area is 344 Å². The fourth-order valence-corrected chi connectivity index (χ4v) is 9.10. The molecule has 0 spiro atoms. The zero-order valence-electron chi connectivity index (χ0n) is 32.9. The molecular weight excluding hydrogens is 717 g/mol. The molecule has 2 heterocycles. The Kier molecular flexibility index (Phi) is 8.12. The fraction of sp³-hybridized carbons (Fsp3) is 0.0545. The van der Waals surface area contributed by atoms with E-state index in [0.717, 1.165) is 61.5 Å². The van der Waals surface area contributed by atoms with Gasteiger partial charge in [0.15, 0.2) is 5.82 Å². The average molecular weight is 757 g/mol. The number of para-hydroxylation sites is 1. The van der Waals surface area contributed by atoms with Crippen LogP contribution >= 0.6 is 0 Å². The number of anilines is 3. The highest BCUT2D eigenvalue weighted by Crippen LogP contribution is 2.51. The first-order valence-electron chi connectivity index (χ1n) is 20.3. The summed E-state index contributed by atoms with van der Waals surface area (Å²) in [4.78, 5) is 13.2. The van der Waals surface area contributed by atoms with E-state index in [2.05, 4.69) is 211 Å². The molecule has 0 atom stereocenters. The van der Waals surface area contributed by atoms with Gasteiger partial charge in [-0.15, -0.1) is 0 Å². The molecule has 11 rings (SSSR count). The van der Waals surface area contributed by atoms with Crippen LogP contribution in [0.4, 0.5) is 17.1 Å². The standard InChI is InChI=1S/C55H40N4/c1-55(2)48-26-16-15-25-45(48)46-33-31-44(36-49(46)55)58(42-29-27-38(28-30-42)37-17-7-3-8-18-37)43-32-34-50-47(35-43)51-52(39-19-9-4-10-20-39)56-53(40-21-11-5-12-22-40)57-54(51)59(50)41-23-13-6-14-24-41/h3-36H,1-2H3. The van der Waals surface area contributed by atoms with Gasteiger partial charge in [-0.05, 0) is 88.0 Å². The zero-order chi connectivity index (χ0) is 39.5. The van der Waals surface area contributed by atoms with Crippen molar-refractivity contribution in [2.75, 3.05) is 4.90 Å². The minimum Gasteiger partial charge on any atom is -0.310 e. The van der Waals surface area contributed by atoms with Crippen molar-refractivity contribution in [3.05, 3.63) is 217 Å². The van der Waals surface area contributed by atoms with Crippen molar-refractivity contribution in [1.29, 1.82) is 0 Å². The van der Waals surface area contributed by atoms with Crippen molar-refractivity contribution in [2.24, 2.45) is 0 Å². The second kappa shape index (κ2) is 13.8. The summed E-state index contributed by atoms with van der Waals surface area (Å²) in [6.45, 7) is 4.69. The maximum Gasteiger partial charge on any atom is 0.162 e. The zero-order valence-corrected chi connectivity index (χ0v) is 32.9. The molecule has 4 heteroatoms. The van der Waals surface area contributed by atoms with E-state index >= 15 is 0 Å². The van der Waals surface area contributed by atoms with Gasteiger partial charge in [0.1, 0.15) is 5.65 Å². The van der Waals surface area contributed by atoms with Gasteiger partial charge in [0.05, 0.1) is 16.6 Å². The first-order valence-corrected chi connectivity index (χ1v) is 20.3. The third kappa shape index (κ3) is 5.75. The number of hydrogen-bond donors (Lipinski definition) is 0. The second-order valence-corrected chi connectivity index (χ2v) is 15.8. The van der Waals surface area contributed by atoms with Gasteiger partial charge in [0, 0.05) is 44.7 Å². The van der Waals surface area contributed by atoms with E-state index < -0.39 is 0 Å². The lowest BCUT2D eigenvalue weighted by Crippen LogP contribution is -2.16. The maximum atomic E-state index is 5.39. The summed E-state index contributed by atoms with van der Waals surface area (Å²) < 4.78 is 2.29. The van der Waals surface area contributed by atoms with Gasteiger partial charge in [-0.2, -0.15) is 0 Å². The fourth-order valence-electron chi connectivity index (χ4n) is 9.10. The molecule has 59 heavy (non-hydrogen) atoms. The lowest BCUT2D eigenvalue weighted by Gasteiger charge is -2.28. The van der Waals surface area contributed by atoms with Gasteiger partial charge in [-0.1, -0.05) is 166 Å². The van der Waals surface area contributed by atoms with E-state index in [1.807, 2.05) is 18.2 Å². The molecule has 8 aromatic carbocycles. The third-order valence-corrected chi connectivity index (χ3v) is 12.0. The normalized spacial score (nSPS) is 12.7. The van der Waals surface area contributed by atoms with Crippen molar-refractivity contribution in [2.45, 2.75) is 19.3 Å². The van der Waals surface area contributed by atoms with Crippen molar-refractivity contribution >= 4 is 39.0 Å². The van der Waals surface area contributed by atoms with Gasteiger partial charge in [-0.3, -0.25) is 4.57 Å². The first kappa shape index (κ1) is 34.7. The summed E-state index contributed by atoms with van der Waals surface area (Å²) in [6.07, 6.45) is 0. The number of benzene rings is 8. The van der Waals surface area contributed by atoms with E-state index in [1.165, 1.54) is 33.4 Å². The predicted octanol–water partition coefficient (Wildman–Crippen LogP) is 14.4. The molecule has 0 fully saturated rings. The predicted molar refractivity (Wildman–Crippen MR) is 245 cm³/mol. The number of aromatic nitrogens is 3. The lowest BCUT2D eigenvalue weighted by atomic mass is 9.82. The molecule has 10 aromatic rings. The summed E-state index contributed by atoms with van der Waals surface area (Å²) in [7, 11) is 0. The van der Waals surface area contributed by atoms with E-state index in [1.54, 1.807) is 0 Å². The van der Waals surface area contributed by atoms with Crippen LogP contribution in [-0.2, 0) is 5.41 Å². The monoisotopic (exact) mass is 756 g/mol. The highest BCUT2D eigenvalue weighted by atomic mass is 15.1. The summed E-state index contributed by atoms with van der Waals surface area (Å²) >= 11 is 0. The molecule has 0 unspecified atom stereocenters. The topological polar surface area (TPSA) is 34.0 Å². The van der Waals surface area contributed by atoms with E-state index in [0.29, 0.717) is 5.82 Å². The Bertz CT molecular complexity index is 3150. The Morgan fingerprint density at radius 2 is 0.983 bits per heavy atom. The minimum atomic E-state index is -0.143. The van der Waals surface area contributed by atoms with Crippen LogP contribution in [0.25, 0.3) is 72.5 Å². The number of rotatable bonds is 7. The second-order valence-electron chi connectivity index (χ2n) is 15.8. The Morgan fingerprint density at radius 1 is 0.441 bits per heavy atom. The van der Waals surface area contributed by atoms with Gasteiger partial charge < -0.3 is 4.90 Å². The molecule has 0 radical (unpaired) electrons. The Morgan fingerprint density at radius 3 is 1.69 bits per heavy atom. The molecule has 4 nitrogen and oxygen atoms in total. The molecule has 280 valence electrons. The van der Waals surface area contributed by atoms with E-state index in [4.69, 9.17) is 9.97 Å². The van der Waals surface area contributed by atoms with E-state index in [-0.39, 0.29) is 5.41 Å². The van der Waals surface area contributed by atoms with Crippen LogP contribution in [0.3, 0.4) is 0 Å². The summed E-state index contributed by atoms with van der Waals surface area (Å²) in [5, 5.41) is 2.10. The molecule has 0 N–H and O–H groups in total. The largest absolute Gasteiger partial charge is 0.310 e. The van der Waals surface area contributed by atoms with E-state index in [9.17, 15) is 0 Å². The van der Waals surface area contributed by atoms with Crippen molar-refractivity contribution in [3.8, 4) is 50.6 Å². The van der Waals surface area contributed by atoms with Crippen molar-refractivity contribution in [1.82, 2.24) is 14.5 Å². The molecule has 0 aliphatic heterocycles. The number of nitrogens with zero attached hydrogens (tertiary/aromatic N) is 4. The van der Waals surface area contributed by atoms with Crippen LogP contribution in [0, 0.1) is 0 Å². The van der Waals surface area contributed by atoms with Gasteiger partial charge in [0.2, 0.25) is 0 Å². The quantitative estimate of drug-likeness (QED) is 0.162. The maximum absolute atomic E-state index is 5.39. The molecule has 2 aromatic heterocycles. The molecular formula is C55H40N4.